The lowest BCUT2D eigenvalue weighted by atomic mass is 10.5. The van der Waals surface area contributed by atoms with Gasteiger partial charge in [-0.1, -0.05) is 0 Å². The topological polar surface area (TPSA) is 35.5 Å². The van der Waals surface area contributed by atoms with Gasteiger partial charge in [0.2, 0.25) is 0 Å². The fourth-order valence-corrected chi connectivity index (χ4v) is 2.32. The first-order valence-corrected chi connectivity index (χ1v) is 5.97. The third-order valence-electron chi connectivity index (χ3n) is 1.25. The number of hydrogen-bond donors (Lipinski definition) is 0. The average molecular weight is 210 g/mol. The van der Waals surface area contributed by atoms with Crippen molar-refractivity contribution in [3.8, 4) is 0 Å². The van der Waals surface area contributed by atoms with Crippen molar-refractivity contribution in [2.45, 2.75) is 20.8 Å². The van der Waals surface area contributed by atoms with Crippen LogP contribution >= 0.6 is 7.60 Å². The van der Waals surface area contributed by atoms with Gasteiger partial charge in [0.25, 0.3) is 0 Å². The van der Waals surface area contributed by atoms with Crippen LogP contribution in [-0.4, -0.2) is 19.4 Å². The molecule has 5 heteroatoms. The van der Waals surface area contributed by atoms with Crippen molar-refractivity contribution in [1.29, 1.82) is 0 Å². The first-order chi connectivity index (χ1) is 6.04. The molecule has 0 rings (SSSR count). The van der Waals surface area contributed by atoms with Gasteiger partial charge in [-0.15, -0.1) is 0 Å². The number of rotatable bonds is 6. The van der Waals surface area contributed by atoms with Crippen LogP contribution in [0.5, 0.6) is 0 Å². The zero-order chi connectivity index (χ0) is 10.3. The fourth-order valence-electron chi connectivity index (χ4n) is 0.774. The predicted octanol–water partition coefficient (Wildman–Crippen LogP) is 3.13. The van der Waals surface area contributed by atoms with E-state index in [1.165, 1.54) is 13.0 Å². The SMILES string of the molecule is CCOP(=O)(C/C=C(/C)F)OCC. The van der Waals surface area contributed by atoms with Crippen LogP contribution in [0.15, 0.2) is 11.9 Å². The summed E-state index contributed by atoms with van der Waals surface area (Å²) < 4.78 is 33.9. The summed E-state index contributed by atoms with van der Waals surface area (Å²) in [6, 6.07) is 0. The van der Waals surface area contributed by atoms with Gasteiger partial charge < -0.3 is 9.05 Å². The van der Waals surface area contributed by atoms with Gasteiger partial charge in [-0.2, -0.15) is 0 Å². The van der Waals surface area contributed by atoms with Gasteiger partial charge in [-0.05, 0) is 26.8 Å². The summed E-state index contributed by atoms with van der Waals surface area (Å²) in [6.45, 7) is 5.34. The van der Waals surface area contributed by atoms with Crippen LogP contribution in [0, 0.1) is 0 Å². The largest absolute Gasteiger partial charge is 0.334 e. The van der Waals surface area contributed by atoms with E-state index in [0.29, 0.717) is 13.2 Å². The molecular weight excluding hydrogens is 194 g/mol. The highest BCUT2D eigenvalue weighted by molar-refractivity contribution is 7.54. The quantitative estimate of drug-likeness (QED) is 0.632. The molecule has 0 N–H and O–H groups in total. The molecule has 0 saturated heterocycles. The molecule has 0 heterocycles. The maximum Gasteiger partial charge on any atom is 0.334 e. The van der Waals surface area contributed by atoms with E-state index >= 15 is 0 Å². The van der Waals surface area contributed by atoms with Gasteiger partial charge in [0.05, 0.1) is 25.2 Å². The Morgan fingerprint density at radius 1 is 1.38 bits per heavy atom. The van der Waals surface area contributed by atoms with E-state index in [1.54, 1.807) is 13.8 Å². The molecule has 0 spiro atoms. The predicted molar refractivity (Wildman–Crippen MR) is 50.6 cm³/mol. The second kappa shape index (κ2) is 6.30. The summed E-state index contributed by atoms with van der Waals surface area (Å²) in [5, 5.41) is 0. The Kier molecular flexibility index (Phi) is 6.21. The van der Waals surface area contributed by atoms with Gasteiger partial charge in [0, 0.05) is 0 Å². The summed E-state index contributed by atoms with van der Waals surface area (Å²) >= 11 is 0. The molecule has 0 aromatic carbocycles. The molecule has 0 aliphatic heterocycles. The zero-order valence-corrected chi connectivity index (χ0v) is 9.14. The maximum absolute atomic E-state index is 12.3. The van der Waals surface area contributed by atoms with Crippen LogP contribution in [0.1, 0.15) is 20.8 Å². The Hall–Kier alpha value is -0.180. The number of allylic oxidation sites excluding steroid dienone is 2. The van der Waals surface area contributed by atoms with Crippen molar-refractivity contribution >= 4 is 7.60 Å². The Balaban J connectivity index is 4.24. The first-order valence-electron chi connectivity index (χ1n) is 4.24. The van der Waals surface area contributed by atoms with E-state index in [1.807, 2.05) is 0 Å². The van der Waals surface area contributed by atoms with Crippen molar-refractivity contribution in [3.63, 3.8) is 0 Å². The monoisotopic (exact) mass is 210 g/mol. The molecule has 0 atom stereocenters. The van der Waals surface area contributed by atoms with Gasteiger partial charge in [-0.3, -0.25) is 4.57 Å². The standard InChI is InChI=1S/C8H16FO3P/c1-4-11-13(10,12-5-2)7-6-8(3)9/h6H,4-5,7H2,1-3H3/b8-6-. The van der Waals surface area contributed by atoms with Gasteiger partial charge in [-0.25, -0.2) is 4.39 Å². The molecule has 0 bridgehead atoms. The molecule has 78 valence electrons. The van der Waals surface area contributed by atoms with Crippen LogP contribution in [0.3, 0.4) is 0 Å². The lowest BCUT2D eigenvalue weighted by Crippen LogP contribution is -1.98. The molecule has 0 aliphatic carbocycles. The Labute approximate surface area is 78.5 Å². The molecule has 0 amide bonds. The number of halogens is 1. The summed E-state index contributed by atoms with van der Waals surface area (Å²) in [6.07, 6.45) is 1.21. The second-order valence-corrected chi connectivity index (χ2v) is 4.52. The van der Waals surface area contributed by atoms with Crippen molar-refractivity contribution in [2.75, 3.05) is 19.4 Å². The Morgan fingerprint density at radius 2 is 1.85 bits per heavy atom. The van der Waals surface area contributed by atoms with E-state index in [-0.39, 0.29) is 12.0 Å². The molecule has 0 aliphatic rings. The van der Waals surface area contributed by atoms with E-state index in [2.05, 4.69) is 0 Å². The van der Waals surface area contributed by atoms with Gasteiger partial charge >= 0.3 is 7.60 Å². The van der Waals surface area contributed by atoms with E-state index in [9.17, 15) is 8.96 Å². The highest BCUT2D eigenvalue weighted by Crippen LogP contribution is 2.48. The van der Waals surface area contributed by atoms with E-state index in [0.717, 1.165) is 0 Å². The third-order valence-corrected chi connectivity index (χ3v) is 3.18. The summed E-state index contributed by atoms with van der Waals surface area (Å²) in [7, 11) is -3.09. The molecule has 0 fully saturated rings. The summed E-state index contributed by atoms with van der Waals surface area (Å²) in [5.74, 6) is -0.375. The average Bonchev–Trinajstić information content (AvgIpc) is 2.02. The lowest BCUT2D eigenvalue weighted by Gasteiger charge is -2.14. The highest BCUT2D eigenvalue weighted by Gasteiger charge is 2.21. The van der Waals surface area contributed by atoms with Crippen LogP contribution in [-0.2, 0) is 13.6 Å². The lowest BCUT2D eigenvalue weighted by molar-refractivity contribution is 0.222. The maximum atomic E-state index is 12.3. The molecule has 13 heavy (non-hydrogen) atoms. The molecule has 0 aromatic heterocycles. The van der Waals surface area contributed by atoms with Crippen LogP contribution in [0.25, 0.3) is 0 Å². The fraction of sp³-hybridized carbons (Fsp3) is 0.750. The van der Waals surface area contributed by atoms with Gasteiger partial charge in [0.15, 0.2) is 0 Å². The van der Waals surface area contributed by atoms with Crippen LogP contribution < -0.4 is 0 Å². The normalized spacial score (nSPS) is 13.4. The first kappa shape index (κ1) is 12.8. The molecule has 3 nitrogen and oxygen atoms in total. The van der Waals surface area contributed by atoms with Crippen LogP contribution in [0.2, 0.25) is 0 Å². The van der Waals surface area contributed by atoms with Crippen molar-refractivity contribution < 1.29 is 18.0 Å². The minimum absolute atomic E-state index is 0.00296. The summed E-state index contributed by atoms with van der Waals surface area (Å²) in [4.78, 5) is 0. The minimum atomic E-state index is -3.09. The third kappa shape index (κ3) is 5.97. The van der Waals surface area contributed by atoms with E-state index < -0.39 is 7.60 Å². The molecular formula is C8H16FO3P. The second-order valence-electron chi connectivity index (χ2n) is 2.42. The Morgan fingerprint density at radius 3 is 2.15 bits per heavy atom. The smallest absolute Gasteiger partial charge is 0.309 e. The minimum Gasteiger partial charge on any atom is -0.309 e. The Bertz CT molecular complexity index is 201. The zero-order valence-electron chi connectivity index (χ0n) is 8.25. The van der Waals surface area contributed by atoms with Crippen molar-refractivity contribution in [3.05, 3.63) is 11.9 Å². The van der Waals surface area contributed by atoms with Crippen LogP contribution in [0.4, 0.5) is 4.39 Å². The van der Waals surface area contributed by atoms with Crippen molar-refractivity contribution in [2.24, 2.45) is 0 Å². The van der Waals surface area contributed by atoms with Gasteiger partial charge in [0.1, 0.15) is 0 Å². The molecule has 0 saturated carbocycles. The van der Waals surface area contributed by atoms with Crippen molar-refractivity contribution in [1.82, 2.24) is 0 Å². The highest BCUT2D eigenvalue weighted by atomic mass is 31.2. The number of hydrogen-bond acceptors (Lipinski definition) is 3. The van der Waals surface area contributed by atoms with E-state index in [4.69, 9.17) is 9.05 Å². The summed E-state index contributed by atoms with van der Waals surface area (Å²) in [5.41, 5.74) is 0. The molecule has 0 radical (unpaired) electrons. The molecule has 0 unspecified atom stereocenters. The molecule has 0 aromatic rings.